The molecule has 25 heavy (non-hydrogen) atoms. The minimum atomic E-state index is 0.781. The zero-order chi connectivity index (χ0) is 17.1. The van der Waals surface area contributed by atoms with Gasteiger partial charge < -0.3 is 9.80 Å². The Kier molecular flexibility index (Phi) is 4.29. The minimum absolute atomic E-state index is 0.781. The number of aromatic nitrogens is 3. The topological polar surface area (TPSA) is 45.2 Å². The summed E-state index contributed by atoms with van der Waals surface area (Å²) in [4.78, 5) is 18.4. The summed E-state index contributed by atoms with van der Waals surface area (Å²) in [5.41, 5.74) is 3.06. The fourth-order valence-corrected chi connectivity index (χ4v) is 3.19. The Morgan fingerprint density at radius 3 is 2.20 bits per heavy atom. The van der Waals surface area contributed by atoms with Gasteiger partial charge in [0.25, 0.3) is 0 Å². The van der Waals surface area contributed by atoms with Gasteiger partial charge in [-0.05, 0) is 31.2 Å². The zero-order valence-electron chi connectivity index (χ0n) is 14.3. The molecule has 3 heterocycles. The van der Waals surface area contributed by atoms with E-state index in [1.165, 1.54) is 5.69 Å². The van der Waals surface area contributed by atoms with Crippen molar-refractivity contribution in [1.29, 1.82) is 0 Å². The average Bonchev–Trinajstić information content (AvgIpc) is 2.69. The number of anilines is 2. The molecule has 0 radical (unpaired) electrons. The van der Waals surface area contributed by atoms with Crippen molar-refractivity contribution in [2.75, 3.05) is 36.0 Å². The van der Waals surface area contributed by atoms with Gasteiger partial charge in [-0.1, -0.05) is 24.3 Å². The third-order valence-electron chi connectivity index (χ3n) is 4.48. The van der Waals surface area contributed by atoms with Crippen LogP contribution in [0.3, 0.4) is 0 Å². The Labute approximate surface area is 148 Å². The maximum Gasteiger partial charge on any atom is 0.133 e. The Bertz CT molecular complexity index is 827. The van der Waals surface area contributed by atoms with Crippen molar-refractivity contribution in [3.8, 4) is 11.4 Å². The first-order valence-corrected chi connectivity index (χ1v) is 8.62. The Balaban J connectivity index is 1.52. The van der Waals surface area contributed by atoms with E-state index in [1.807, 2.05) is 31.2 Å². The summed E-state index contributed by atoms with van der Waals surface area (Å²) in [6.07, 6.45) is 1.80. The molecule has 0 aliphatic carbocycles. The molecular weight excluding hydrogens is 310 g/mol. The average molecular weight is 331 g/mol. The molecule has 1 aliphatic heterocycles. The fraction of sp³-hybridized carbons (Fsp3) is 0.250. The molecule has 2 aromatic heterocycles. The smallest absolute Gasteiger partial charge is 0.133 e. The number of rotatable bonds is 3. The second kappa shape index (κ2) is 6.89. The van der Waals surface area contributed by atoms with E-state index in [-0.39, 0.29) is 0 Å². The SMILES string of the molecule is Cc1nc(-c2ccccn2)cc(N2CCN(c3ccccc3)CC2)n1. The Morgan fingerprint density at radius 2 is 1.48 bits per heavy atom. The van der Waals surface area contributed by atoms with Crippen molar-refractivity contribution in [3.05, 3.63) is 66.6 Å². The van der Waals surface area contributed by atoms with E-state index in [9.17, 15) is 0 Å². The molecule has 1 fully saturated rings. The number of para-hydroxylation sites is 1. The third kappa shape index (κ3) is 3.45. The number of hydrogen-bond acceptors (Lipinski definition) is 5. The molecule has 4 rings (SSSR count). The number of hydrogen-bond donors (Lipinski definition) is 0. The zero-order valence-corrected chi connectivity index (χ0v) is 14.3. The van der Waals surface area contributed by atoms with Gasteiger partial charge in [0, 0.05) is 44.1 Å². The molecule has 0 amide bonds. The van der Waals surface area contributed by atoms with Crippen molar-refractivity contribution >= 4 is 11.5 Å². The van der Waals surface area contributed by atoms with Gasteiger partial charge in [0.15, 0.2) is 0 Å². The van der Waals surface area contributed by atoms with Crippen molar-refractivity contribution in [1.82, 2.24) is 15.0 Å². The van der Waals surface area contributed by atoms with Gasteiger partial charge in [0.1, 0.15) is 11.6 Å². The summed E-state index contributed by atoms with van der Waals surface area (Å²) in [6, 6.07) is 18.5. The molecule has 0 saturated carbocycles. The van der Waals surface area contributed by atoms with E-state index >= 15 is 0 Å². The highest BCUT2D eigenvalue weighted by Crippen LogP contribution is 2.22. The quantitative estimate of drug-likeness (QED) is 0.737. The predicted octanol–water partition coefficient (Wildman–Crippen LogP) is 3.17. The number of aryl methyl sites for hydroxylation is 1. The lowest BCUT2D eigenvalue weighted by molar-refractivity contribution is 0.646. The van der Waals surface area contributed by atoms with Crippen LogP contribution in [0.25, 0.3) is 11.4 Å². The normalized spacial score (nSPS) is 14.6. The molecular formula is C20H21N5. The monoisotopic (exact) mass is 331 g/mol. The molecule has 0 N–H and O–H groups in total. The highest BCUT2D eigenvalue weighted by atomic mass is 15.3. The number of pyridine rings is 1. The molecule has 0 atom stereocenters. The molecule has 3 aromatic rings. The number of piperazine rings is 1. The number of nitrogens with zero attached hydrogens (tertiary/aromatic N) is 5. The van der Waals surface area contributed by atoms with E-state index in [2.05, 4.69) is 55.1 Å². The van der Waals surface area contributed by atoms with E-state index in [4.69, 9.17) is 0 Å². The van der Waals surface area contributed by atoms with Crippen molar-refractivity contribution in [3.63, 3.8) is 0 Å². The van der Waals surface area contributed by atoms with Crippen LogP contribution < -0.4 is 9.80 Å². The van der Waals surface area contributed by atoms with Crippen LogP contribution in [0.1, 0.15) is 5.82 Å². The minimum Gasteiger partial charge on any atom is -0.368 e. The molecule has 5 heteroatoms. The second-order valence-corrected chi connectivity index (χ2v) is 6.18. The Hall–Kier alpha value is -2.95. The first kappa shape index (κ1) is 15.6. The molecule has 126 valence electrons. The molecule has 1 aliphatic rings. The summed E-state index contributed by atoms with van der Waals surface area (Å²) in [6.45, 7) is 5.83. The van der Waals surface area contributed by atoms with Crippen molar-refractivity contribution in [2.24, 2.45) is 0 Å². The molecule has 0 bridgehead atoms. The molecule has 5 nitrogen and oxygen atoms in total. The molecule has 1 aromatic carbocycles. The summed E-state index contributed by atoms with van der Waals surface area (Å²) in [7, 11) is 0. The van der Waals surface area contributed by atoms with E-state index in [0.717, 1.165) is 49.2 Å². The van der Waals surface area contributed by atoms with Crippen LogP contribution in [0, 0.1) is 6.92 Å². The first-order chi connectivity index (χ1) is 12.3. The van der Waals surface area contributed by atoms with Crippen LogP contribution >= 0.6 is 0 Å². The maximum absolute atomic E-state index is 4.65. The van der Waals surface area contributed by atoms with Gasteiger partial charge in [0.05, 0.1) is 11.4 Å². The molecule has 0 spiro atoms. The predicted molar refractivity (Wildman–Crippen MR) is 101 cm³/mol. The lowest BCUT2D eigenvalue weighted by atomic mass is 10.2. The van der Waals surface area contributed by atoms with E-state index in [1.54, 1.807) is 6.20 Å². The van der Waals surface area contributed by atoms with Crippen LogP contribution in [0.2, 0.25) is 0 Å². The van der Waals surface area contributed by atoms with Crippen LogP contribution in [0.5, 0.6) is 0 Å². The summed E-state index contributed by atoms with van der Waals surface area (Å²) in [5, 5.41) is 0. The van der Waals surface area contributed by atoms with Gasteiger partial charge >= 0.3 is 0 Å². The van der Waals surface area contributed by atoms with Crippen LogP contribution in [0.4, 0.5) is 11.5 Å². The van der Waals surface area contributed by atoms with Crippen molar-refractivity contribution in [2.45, 2.75) is 6.92 Å². The molecule has 1 saturated heterocycles. The Morgan fingerprint density at radius 1 is 0.760 bits per heavy atom. The largest absolute Gasteiger partial charge is 0.368 e. The highest BCUT2D eigenvalue weighted by molar-refractivity contribution is 5.59. The lowest BCUT2D eigenvalue weighted by Gasteiger charge is -2.36. The van der Waals surface area contributed by atoms with Crippen LogP contribution in [-0.4, -0.2) is 41.1 Å². The van der Waals surface area contributed by atoms with E-state index in [0.29, 0.717) is 0 Å². The van der Waals surface area contributed by atoms with Crippen LogP contribution in [0.15, 0.2) is 60.8 Å². The summed E-state index contributed by atoms with van der Waals surface area (Å²) < 4.78 is 0. The van der Waals surface area contributed by atoms with Gasteiger partial charge in [-0.25, -0.2) is 9.97 Å². The van der Waals surface area contributed by atoms with Gasteiger partial charge in [-0.15, -0.1) is 0 Å². The van der Waals surface area contributed by atoms with Gasteiger partial charge in [-0.3, -0.25) is 4.98 Å². The lowest BCUT2D eigenvalue weighted by Crippen LogP contribution is -2.46. The fourth-order valence-electron chi connectivity index (χ4n) is 3.19. The van der Waals surface area contributed by atoms with E-state index < -0.39 is 0 Å². The molecule has 0 unspecified atom stereocenters. The summed E-state index contributed by atoms with van der Waals surface area (Å²) in [5.74, 6) is 1.77. The van der Waals surface area contributed by atoms with Gasteiger partial charge in [0.2, 0.25) is 0 Å². The second-order valence-electron chi connectivity index (χ2n) is 6.18. The standard InChI is InChI=1S/C20H21N5/c1-16-22-19(18-9-5-6-10-21-18)15-20(23-16)25-13-11-24(12-14-25)17-7-3-2-4-8-17/h2-10,15H,11-14H2,1H3. The number of benzene rings is 1. The van der Waals surface area contributed by atoms with Gasteiger partial charge in [-0.2, -0.15) is 0 Å². The third-order valence-corrected chi connectivity index (χ3v) is 4.48. The summed E-state index contributed by atoms with van der Waals surface area (Å²) >= 11 is 0. The first-order valence-electron chi connectivity index (χ1n) is 8.62. The maximum atomic E-state index is 4.65. The van der Waals surface area contributed by atoms with Crippen LogP contribution in [-0.2, 0) is 0 Å². The highest BCUT2D eigenvalue weighted by Gasteiger charge is 2.19. The van der Waals surface area contributed by atoms with Crippen molar-refractivity contribution < 1.29 is 0 Å².